The second-order valence-electron chi connectivity index (χ2n) is 6.08. The summed E-state index contributed by atoms with van der Waals surface area (Å²) in [6.07, 6.45) is 2.65. The molecule has 0 aliphatic carbocycles. The van der Waals surface area contributed by atoms with Crippen LogP contribution in [0.4, 0.5) is 5.69 Å². The number of nitrogen functional groups attached to an aromatic ring is 1. The van der Waals surface area contributed by atoms with Gasteiger partial charge in [-0.15, -0.1) is 0 Å². The van der Waals surface area contributed by atoms with Gasteiger partial charge in [-0.05, 0) is 29.9 Å². The van der Waals surface area contributed by atoms with Crippen LogP contribution >= 0.6 is 0 Å². The first kappa shape index (κ1) is 12.9. The van der Waals surface area contributed by atoms with E-state index in [0.29, 0.717) is 17.3 Å². The van der Waals surface area contributed by atoms with Crippen molar-refractivity contribution >= 4 is 11.6 Å². The number of likely N-dealkylation sites (tertiary alicyclic amines) is 1. The Morgan fingerprint density at radius 2 is 2.22 bits per heavy atom. The predicted octanol–water partition coefficient (Wildman–Crippen LogP) is 2.17. The number of pyridine rings is 1. The van der Waals surface area contributed by atoms with Crippen molar-refractivity contribution in [3.8, 4) is 0 Å². The van der Waals surface area contributed by atoms with Crippen molar-refractivity contribution in [3.05, 3.63) is 24.0 Å². The third kappa shape index (κ3) is 2.63. The number of nitrogens with two attached hydrogens (primary N) is 1. The first-order chi connectivity index (χ1) is 8.38. The average molecular weight is 247 g/mol. The van der Waals surface area contributed by atoms with E-state index >= 15 is 0 Å². The monoisotopic (exact) mass is 247 g/mol. The minimum atomic E-state index is -0.00551. The molecule has 1 aliphatic rings. The number of hydrogen-bond acceptors (Lipinski definition) is 3. The Bertz CT molecular complexity index is 451. The van der Waals surface area contributed by atoms with Crippen LogP contribution in [0.2, 0.25) is 0 Å². The molecular weight excluding hydrogens is 226 g/mol. The average Bonchev–Trinajstić information content (AvgIpc) is 2.77. The maximum Gasteiger partial charge on any atom is 0.272 e. The van der Waals surface area contributed by atoms with E-state index in [4.69, 9.17) is 5.73 Å². The maximum atomic E-state index is 12.3. The van der Waals surface area contributed by atoms with Gasteiger partial charge in [0.25, 0.3) is 5.91 Å². The van der Waals surface area contributed by atoms with Crippen LogP contribution in [0.25, 0.3) is 0 Å². The van der Waals surface area contributed by atoms with E-state index < -0.39 is 0 Å². The van der Waals surface area contributed by atoms with Gasteiger partial charge in [0.2, 0.25) is 0 Å². The van der Waals surface area contributed by atoms with Crippen molar-refractivity contribution in [1.29, 1.82) is 0 Å². The molecule has 0 aromatic carbocycles. The number of amides is 1. The van der Waals surface area contributed by atoms with Crippen LogP contribution in [0.5, 0.6) is 0 Å². The summed E-state index contributed by atoms with van der Waals surface area (Å²) < 4.78 is 0. The minimum Gasteiger partial charge on any atom is -0.399 e. The van der Waals surface area contributed by atoms with Crippen molar-refractivity contribution in [2.24, 2.45) is 11.3 Å². The number of anilines is 1. The molecule has 0 saturated carbocycles. The molecule has 98 valence electrons. The lowest BCUT2D eigenvalue weighted by atomic mass is 9.80. The number of carbonyl (C=O) groups excluding carboxylic acids is 1. The first-order valence-electron chi connectivity index (χ1n) is 6.39. The van der Waals surface area contributed by atoms with Crippen molar-refractivity contribution in [2.75, 3.05) is 18.8 Å². The van der Waals surface area contributed by atoms with E-state index in [-0.39, 0.29) is 11.3 Å². The van der Waals surface area contributed by atoms with E-state index in [1.54, 1.807) is 18.3 Å². The van der Waals surface area contributed by atoms with Gasteiger partial charge < -0.3 is 10.6 Å². The lowest BCUT2D eigenvalue weighted by Gasteiger charge is -2.26. The highest BCUT2D eigenvalue weighted by molar-refractivity contribution is 5.93. The molecule has 1 aliphatic heterocycles. The normalized spacial score (nSPS) is 20.2. The van der Waals surface area contributed by atoms with E-state index in [0.717, 1.165) is 19.5 Å². The quantitative estimate of drug-likeness (QED) is 0.827. The molecule has 18 heavy (non-hydrogen) atoms. The lowest BCUT2D eigenvalue weighted by molar-refractivity contribution is 0.0771. The van der Waals surface area contributed by atoms with Gasteiger partial charge in [0.15, 0.2) is 0 Å². The molecule has 1 aromatic rings. The molecule has 4 nitrogen and oxygen atoms in total. The number of rotatable bonds is 1. The second-order valence-corrected chi connectivity index (χ2v) is 6.08. The Morgan fingerprint density at radius 1 is 1.50 bits per heavy atom. The van der Waals surface area contributed by atoms with E-state index in [9.17, 15) is 4.79 Å². The van der Waals surface area contributed by atoms with Crippen molar-refractivity contribution in [2.45, 2.75) is 27.2 Å². The van der Waals surface area contributed by atoms with E-state index in [1.807, 2.05) is 4.90 Å². The molecule has 0 bridgehead atoms. The molecule has 1 unspecified atom stereocenters. The van der Waals surface area contributed by atoms with Gasteiger partial charge in [-0.25, -0.2) is 0 Å². The summed E-state index contributed by atoms with van der Waals surface area (Å²) in [4.78, 5) is 18.3. The third-order valence-electron chi connectivity index (χ3n) is 3.70. The molecule has 0 spiro atoms. The van der Waals surface area contributed by atoms with E-state index in [2.05, 4.69) is 25.8 Å². The van der Waals surface area contributed by atoms with E-state index in [1.165, 1.54) is 0 Å². The SMILES string of the molecule is CC(C)(C)C1CCN(C(=O)c2cc(N)ccn2)C1. The fraction of sp³-hybridized carbons (Fsp3) is 0.571. The number of aromatic nitrogens is 1. The van der Waals surface area contributed by atoms with Crippen molar-refractivity contribution in [3.63, 3.8) is 0 Å². The molecule has 2 N–H and O–H groups in total. The van der Waals surface area contributed by atoms with Gasteiger partial charge in [0.1, 0.15) is 5.69 Å². The zero-order valence-corrected chi connectivity index (χ0v) is 11.3. The Hall–Kier alpha value is -1.58. The molecule has 4 heteroatoms. The number of hydrogen-bond donors (Lipinski definition) is 1. The van der Waals surface area contributed by atoms with Crippen LogP contribution in [0.15, 0.2) is 18.3 Å². The van der Waals surface area contributed by atoms with Crippen molar-refractivity contribution < 1.29 is 4.79 Å². The number of carbonyl (C=O) groups is 1. The third-order valence-corrected chi connectivity index (χ3v) is 3.70. The summed E-state index contributed by atoms with van der Waals surface area (Å²) in [7, 11) is 0. The molecule has 1 saturated heterocycles. The number of nitrogens with zero attached hydrogens (tertiary/aromatic N) is 2. The van der Waals surface area contributed by atoms with Crippen LogP contribution in [0.3, 0.4) is 0 Å². The van der Waals surface area contributed by atoms with Gasteiger partial charge in [-0.1, -0.05) is 20.8 Å². The van der Waals surface area contributed by atoms with Gasteiger partial charge >= 0.3 is 0 Å². The van der Waals surface area contributed by atoms with Gasteiger partial charge in [-0.2, -0.15) is 0 Å². The Labute approximate surface area is 108 Å². The van der Waals surface area contributed by atoms with Crippen LogP contribution in [0, 0.1) is 11.3 Å². The zero-order chi connectivity index (χ0) is 13.3. The summed E-state index contributed by atoms with van der Waals surface area (Å²) >= 11 is 0. The standard InChI is InChI=1S/C14H21N3O/c1-14(2,3)10-5-7-17(9-10)13(18)12-8-11(15)4-6-16-12/h4,6,8,10H,5,7,9H2,1-3H3,(H2,15,16). The highest BCUT2D eigenvalue weighted by Crippen LogP contribution is 2.33. The largest absolute Gasteiger partial charge is 0.399 e. The molecule has 2 heterocycles. The minimum absolute atomic E-state index is 0.00551. The smallest absolute Gasteiger partial charge is 0.272 e. The van der Waals surface area contributed by atoms with Gasteiger partial charge in [0, 0.05) is 25.0 Å². The van der Waals surface area contributed by atoms with Gasteiger partial charge in [0.05, 0.1) is 0 Å². The highest BCUT2D eigenvalue weighted by Gasteiger charge is 2.34. The molecule has 1 fully saturated rings. The molecule has 1 aromatic heterocycles. The Kier molecular flexibility index (Phi) is 3.28. The van der Waals surface area contributed by atoms with Crippen LogP contribution in [-0.4, -0.2) is 28.9 Å². The molecule has 1 atom stereocenters. The summed E-state index contributed by atoms with van der Waals surface area (Å²) in [5, 5.41) is 0. The second kappa shape index (κ2) is 4.59. The molecule has 2 rings (SSSR count). The molecular formula is C14H21N3O. The van der Waals surface area contributed by atoms with Crippen LogP contribution < -0.4 is 5.73 Å². The lowest BCUT2D eigenvalue weighted by Crippen LogP contribution is -2.31. The Morgan fingerprint density at radius 3 is 2.78 bits per heavy atom. The maximum absolute atomic E-state index is 12.3. The first-order valence-corrected chi connectivity index (χ1v) is 6.39. The fourth-order valence-corrected chi connectivity index (χ4v) is 2.38. The zero-order valence-electron chi connectivity index (χ0n) is 11.3. The molecule has 1 amide bonds. The summed E-state index contributed by atoms with van der Waals surface area (Å²) in [6, 6.07) is 3.34. The topological polar surface area (TPSA) is 59.2 Å². The summed E-state index contributed by atoms with van der Waals surface area (Å²) in [5.74, 6) is 0.552. The summed E-state index contributed by atoms with van der Waals surface area (Å²) in [5.41, 5.74) is 6.96. The fourth-order valence-electron chi connectivity index (χ4n) is 2.38. The summed E-state index contributed by atoms with van der Waals surface area (Å²) in [6.45, 7) is 8.31. The Balaban J connectivity index is 2.08. The predicted molar refractivity (Wildman–Crippen MR) is 72.1 cm³/mol. The highest BCUT2D eigenvalue weighted by atomic mass is 16.2. The van der Waals surface area contributed by atoms with Crippen LogP contribution in [-0.2, 0) is 0 Å². The van der Waals surface area contributed by atoms with Crippen LogP contribution in [0.1, 0.15) is 37.7 Å². The van der Waals surface area contributed by atoms with Crippen molar-refractivity contribution in [1.82, 2.24) is 9.88 Å². The molecule has 0 radical (unpaired) electrons. The van der Waals surface area contributed by atoms with Gasteiger partial charge in [-0.3, -0.25) is 9.78 Å².